The Labute approximate surface area is 190 Å². The predicted molar refractivity (Wildman–Crippen MR) is 129 cm³/mol. The molecule has 1 aromatic heterocycles. The van der Waals surface area contributed by atoms with Gasteiger partial charge in [-0.15, -0.1) is 35.3 Å². The first-order chi connectivity index (χ1) is 13.7. The molecule has 3 aromatic carbocycles. The van der Waals surface area contributed by atoms with Crippen LogP contribution in [0.3, 0.4) is 0 Å². The van der Waals surface area contributed by atoms with E-state index in [0.29, 0.717) is 5.13 Å². The Morgan fingerprint density at radius 2 is 1.66 bits per heavy atom. The van der Waals surface area contributed by atoms with Crippen molar-refractivity contribution in [1.29, 1.82) is 0 Å². The monoisotopic (exact) mass is 514 g/mol. The summed E-state index contributed by atoms with van der Waals surface area (Å²) in [4.78, 5) is 5.73. The fourth-order valence-electron chi connectivity index (χ4n) is 3.69. The molecule has 0 spiro atoms. The summed E-state index contributed by atoms with van der Waals surface area (Å²) in [6.07, 6.45) is 0.828. The van der Waals surface area contributed by atoms with Gasteiger partial charge in [0.05, 0.1) is 12.8 Å². The van der Waals surface area contributed by atoms with E-state index in [9.17, 15) is 0 Å². The SMILES string of the molecule is COc1ccc2c(c1-c1ccc(Oc3ccccc3)cc1)Cc1sc(N)nc1-2.I. The molecule has 5 rings (SSSR count). The number of rotatable bonds is 4. The second-order valence-corrected chi connectivity index (χ2v) is 7.72. The largest absolute Gasteiger partial charge is 0.496 e. The van der Waals surface area contributed by atoms with Crippen LogP contribution >= 0.6 is 35.3 Å². The zero-order valence-corrected chi connectivity index (χ0v) is 18.9. The summed E-state index contributed by atoms with van der Waals surface area (Å²) in [5, 5.41) is 0.621. The number of aromatic nitrogens is 1. The van der Waals surface area contributed by atoms with Crippen molar-refractivity contribution in [3.8, 4) is 39.6 Å². The maximum absolute atomic E-state index is 5.92. The third-order valence-corrected chi connectivity index (χ3v) is 5.81. The summed E-state index contributed by atoms with van der Waals surface area (Å²) in [5.41, 5.74) is 11.5. The first kappa shape index (κ1) is 19.7. The number of thiazole rings is 1. The number of anilines is 1. The molecular weight excluding hydrogens is 495 g/mol. The number of para-hydroxylation sites is 1. The molecule has 0 amide bonds. The van der Waals surface area contributed by atoms with Gasteiger partial charge in [-0.25, -0.2) is 4.98 Å². The summed E-state index contributed by atoms with van der Waals surface area (Å²) in [7, 11) is 1.71. The Morgan fingerprint density at radius 1 is 0.931 bits per heavy atom. The minimum absolute atomic E-state index is 0. The normalized spacial score (nSPS) is 11.3. The van der Waals surface area contributed by atoms with Crippen LogP contribution in [0, 0.1) is 0 Å². The van der Waals surface area contributed by atoms with E-state index in [1.807, 2.05) is 48.5 Å². The maximum atomic E-state index is 5.92. The number of methoxy groups -OCH3 is 1. The van der Waals surface area contributed by atoms with E-state index >= 15 is 0 Å². The van der Waals surface area contributed by atoms with Gasteiger partial charge in [-0.2, -0.15) is 0 Å². The molecule has 0 atom stereocenters. The second kappa shape index (κ2) is 8.04. The molecule has 0 fully saturated rings. The molecule has 0 saturated heterocycles. The molecular formula is C23H19IN2O2S. The first-order valence-corrected chi connectivity index (χ1v) is 9.83. The number of nitrogen functional groups attached to an aromatic ring is 1. The Morgan fingerprint density at radius 3 is 2.38 bits per heavy atom. The molecule has 0 aliphatic heterocycles. The topological polar surface area (TPSA) is 57.4 Å². The van der Waals surface area contributed by atoms with E-state index in [-0.39, 0.29) is 24.0 Å². The molecule has 4 nitrogen and oxygen atoms in total. The zero-order chi connectivity index (χ0) is 19.1. The number of halogens is 1. The van der Waals surface area contributed by atoms with Gasteiger partial charge in [0.25, 0.3) is 0 Å². The van der Waals surface area contributed by atoms with Crippen molar-refractivity contribution >= 4 is 40.4 Å². The molecule has 1 heterocycles. The Bertz CT molecular complexity index is 1160. The van der Waals surface area contributed by atoms with Gasteiger partial charge in [-0.05, 0) is 47.5 Å². The smallest absolute Gasteiger partial charge is 0.180 e. The average molecular weight is 514 g/mol. The highest BCUT2D eigenvalue weighted by Gasteiger charge is 2.27. The van der Waals surface area contributed by atoms with Crippen molar-refractivity contribution in [2.24, 2.45) is 0 Å². The minimum Gasteiger partial charge on any atom is -0.496 e. The van der Waals surface area contributed by atoms with Gasteiger partial charge in [0, 0.05) is 22.4 Å². The number of ether oxygens (including phenoxy) is 2. The average Bonchev–Trinajstić information content (AvgIpc) is 3.24. The Balaban J connectivity index is 0.00000205. The number of benzene rings is 3. The Hall–Kier alpha value is -2.58. The van der Waals surface area contributed by atoms with Gasteiger partial charge in [-0.1, -0.05) is 30.3 Å². The fourth-order valence-corrected chi connectivity index (χ4v) is 4.55. The molecule has 0 bridgehead atoms. The van der Waals surface area contributed by atoms with Gasteiger partial charge < -0.3 is 15.2 Å². The third kappa shape index (κ3) is 3.58. The van der Waals surface area contributed by atoms with Crippen LogP contribution in [-0.2, 0) is 6.42 Å². The van der Waals surface area contributed by atoms with Crippen molar-refractivity contribution in [3.63, 3.8) is 0 Å². The Kier molecular flexibility index (Phi) is 5.47. The molecule has 146 valence electrons. The van der Waals surface area contributed by atoms with Gasteiger partial charge in [0.2, 0.25) is 0 Å². The standard InChI is InChI=1S/C23H18N2O2S.HI/c1-26-19-12-11-17-18(13-20-22(17)25-23(24)28-20)21(19)14-7-9-16(10-8-14)27-15-5-3-2-4-6-15;/h2-12H,13H2,1H3,(H2,24,25);1H. The van der Waals surface area contributed by atoms with Crippen LogP contribution in [0.15, 0.2) is 66.7 Å². The highest BCUT2D eigenvalue weighted by atomic mass is 127. The molecule has 1 aliphatic rings. The van der Waals surface area contributed by atoms with E-state index in [2.05, 4.69) is 23.2 Å². The van der Waals surface area contributed by atoms with Crippen molar-refractivity contribution in [2.75, 3.05) is 12.8 Å². The lowest BCUT2D eigenvalue weighted by Gasteiger charge is -2.15. The van der Waals surface area contributed by atoms with E-state index < -0.39 is 0 Å². The van der Waals surface area contributed by atoms with Gasteiger partial charge in [0.15, 0.2) is 5.13 Å². The van der Waals surface area contributed by atoms with Crippen LogP contribution in [-0.4, -0.2) is 12.1 Å². The molecule has 4 aromatic rings. The minimum atomic E-state index is 0. The third-order valence-electron chi connectivity index (χ3n) is 4.92. The summed E-state index contributed by atoms with van der Waals surface area (Å²) in [6, 6.07) is 22.0. The van der Waals surface area contributed by atoms with Crippen molar-refractivity contribution in [3.05, 3.63) is 77.2 Å². The molecule has 0 radical (unpaired) electrons. The van der Waals surface area contributed by atoms with E-state index in [1.165, 1.54) is 10.4 Å². The first-order valence-electron chi connectivity index (χ1n) is 9.01. The predicted octanol–water partition coefficient (Wildman–Crippen LogP) is 6.38. The molecule has 6 heteroatoms. The fraction of sp³-hybridized carbons (Fsp3) is 0.0870. The van der Waals surface area contributed by atoms with E-state index in [1.54, 1.807) is 18.4 Å². The van der Waals surface area contributed by atoms with Crippen LogP contribution in [0.2, 0.25) is 0 Å². The zero-order valence-electron chi connectivity index (χ0n) is 15.7. The lowest BCUT2D eigenvalue weighted by molar-refractivity contribution is 0.416. The lowest BCUT2D eigenvalue weighted by Crippen LogP contribution is -1.95. The number of nitrogens with two attached hydrogens (primary N) is 1. The van der Waals surface area contributed by atoms with Crippen molar-refractivity contribution in [1.82, 2.24) is 4.98 Å². The van der Waals surface area contributed by atoms with Crippen molar-refractivity contribution < 1.29 is 9.47 Å². The molecule has 0 unspecified atom stereocenters. The van der Waals surface area contributed by atoms with Crippen LogP contribution in [0.25, 0.3) is 22.4 Å². The van der Waals surface area contributed by atoms with Crippen molar-refractivity contribution in [2.45, 2.75) is 6.42 Å². The van der Waals surface area contributed by atoms with Gasteiger partial charge >= 0.3 is 0 Å². The highest BCUT2D eigenvalue weighted by molar-refractivity contribution is 14.0. The number of nitrogens with zero attached hydrogens (tertiary/aromatic N) is 1. The second-order valence-electron chi connectivity index (χ2n) is 6.61. The number of hydrogen-bond donors (Lipinski definition) is 1. The molecule has 29 heavy (non-hydrogen) atoms. The molecule has 1 aliphatic carbocycles. The van der Waals surface area contributed by atoms with Crippen LogP contribution in [0.5, 0.6) is 17.2 Å². The quantitative estimate of drug-likeness (QED) is 0.283. The van der Waals surface area contributed by atoms with E-state index in [0.717, 1.165) is 46.1 Å². The molecule has 2 N–H and O–H groups in total. The van der Waals surface area contributed by atoms with Crippen LogP contribution in [0.4, 0.5) is 5.13 Å². The number of hydrogen-bond acceptors (Lipinski definition) is 5. The van der Waals surface area contributed by atoms with E-state index in [4.69, 9.17) is 15.2 Å². The summed E-state index contributed by atoms with van der Waals surface area (Å²) < 4.78 is 11.6. The van der Waals surface area contributed by atoms with Crippen LogP contribution in [0.1, 0.15) is 10.4 Å². The van der Waals surface area contributed by atoms with Gasteiger partial charge in [-0.3, -0.25) is 0 Å². The number of fused-ring (bicyclic) bond motifs is 3. The van der Waals surface area contributed by atoms with Gasteiger partial charge in [0.1, 0.15) is 17.2 Å². The molecule has 0 saturated carbocycles. The highest BCUT2D eigenvalue weighted by Crippen LogP contribution is 2.47. The summed E-state index contributed by atoms with van der Waals surface area (Å²) >= 11 is 1.56. The van der Waals surface area contributed by atoms with Crippen LogP contribution < -0.4 is 15.2 Å². The maximum Gasteiger partial charge on any atom is 0.180 e. The summed E-state index contributed by atoms with van der Waals surface area (Å²) in [6.45, 7) is 0. The summed E-state index contributed by atoms with van der Waals surface area (Å²) in [5.74, 6) is 2.48. The lowest BCUT2D eigenvalue weighted by atomic mass is 9.95.